The minimum atomic E-state index is -3.03. The summed E-state index contributed by atoms with van der Waals surface area (Å²) in [6.45, 7) is 2.23. The quantitative estimate of drug-likeness (QED) is 0.785. The highest BCUT2D eigenvalue weighted by Crippen LogP contribution is 2.41. The number of amides is 1. The molecule has 1 aliphatic heterocycles. The van der Waals surface area contributed by atoms with Crippen LogP contribution in [0.15, 0.2) is 24.3 Å². The van der Waals surface area contributed by atoms with Crippen LogP contribution >= 0.6 is 0 Å². The smallest absolute Gasteiger partial charge is 0.277 e. The Balaban J connectivity index is 1.50. The molecule has 1 amide bonds. The molecule has 1 unspecified atom stereocenters. The van der Waals surface area contributed by atoms with Gasteiger partial charge in [-0.15, -0.1) is 0 Å². The molecule has 26 heavy (non-hydrogen) atoms. The predicted molar refractivity (Wildman–Crippen MR) is 91.4 cm³/mol. The lowest BCUT2D eigenvalue weighted by Crippen LogP contribution is -2.33. The minimum absolute atomic E-state index is 0.0226. The topological polar surface area (TPSA) is 79.0 Å². The highest BCUT2D eigenvalue weighted by Gasteiger charge is 2.42. The van der Waals surface area contributed by atoms with Gasteiger partial charge in [0.05, 0.1) is 18.3 Å². The Morgan fingerprint density at radius 2 is 2.12 bits per heavy atom. The molecule has 1 aliphatic carbocycles. The number of aromatic nitrogens is 2. The Kier molecular flexibility index (Phi) is 4.46. The number of morpholine rings is 1. The molecule has 2 aliphatic rings. The van der Waals surface area contributed by atoms with E-state index in [0.717, 1.165) is 18.7 Å². The Bertz CT molecular complexity index is 798. The number of halogens is 2. The van der Waals surface area contributed by atoms with Gasteiger partial charge in [-0.2, -0.15) is 5.10 Å². The second kappa shape index (κ2) is 6.77. The van der Waals surface area contributed by atoms with Crippen LogP contribution in [0.2, 0.25) is 0 Å². The average molecular weight is 362 g/mol. The molecule has 0 spiro atoms. The molecule has 2 aromatic rings. The monoisotopic (exact) mass is 362 g/mol. The molecule has 1 saturated heterocycles. The molecule has 0 saturated carbocycles. The number of nitrogens with one attached hydrogen (secondary N) is 3. The van der Waals surface area contributed by atoms with Crippen LogP contribution in [-0.2, 0) is 17.1 Å². The van der Waals surface area contributed by atoms with Gasteiger partial charge in [0, 0.05) is 30.9 Å². The Morgan fingerprint density at radius 3 is 2.85 bits per heavy atom. The first-order valence-electron chi connectivity index (χ1n) is 8.74. The zero-order chi connectivity index (χ0) is 18.1. The van der Waals surface area contributed by atoms with Crippen LogP contribution in [0.4, 0.5) is 14.5 Å². The molecule has 6 nitrogen and oxygen atoms in total. The summed E-state index contributed by atoms with van der Waals surface area (Å²) in [4.78, 5) is 12.5. The SMILES string of the molecule is O=C(Nc1ccc(C2CNCCO2)cc1)c1n[nH]c2c1C(F)(F)CCC2. The van der Waals surface area contributed by atoms with Crippen molar-refractivity contribution in [2.45, 2.75) is 31.3 Å². The molecule has 1 fully saturated rings. The Labute approximate surface area is 149 Å². The fourth-order valence-corrected chi connectivity index (χ4v) is 3.48. The van der Waals surface area contributed by atoms with E-state index in [9.17, 15) is 13.6 Å². The highest BCUT2D eigenvalue weighted by molar-refractivity contribution is 6.04. The summed E-state index contributed by atoms with van der Waals surface area (Å²) in [5, 5.41) is 12.3. The standard InChI is InChI=1S/C18H20F2N4O2/c19-18(20)7-1-2-13-15(18)16(24-23-13)17(25)22-12-5-3-11(4-6-12)14-10-21-8-9-26-14/h3-6,14,21H,1-2,7-10H2,(H,22,25)(H,23,24). The number of hydrogen-bond donors (Lipinski definition) is 3. The molecule has 0 bridgehead atoms. The Morgan fingerprint density at radius 1 is 1.31 bits per heavy atom. The van der Waals surface area contributed by atoms with Crippen molar-refractivity contribution in [1.29, 1.82) is 0 Å². The van der Waals surface area contributed by atoms with E-state index in [2.05, 4.69) is 20.8 Å². The number of nitrogens with zero attached hydrogens (tertiary/aromatic N) is 1. The third-order valence-electron chi connectivity index (χ3n) is 4.81. The van der Waals surface area contributed by atoms with Crippen molar-refractivity contribution in [3.8, 4) is 0 Å². The van der Waals surface area contributed by atoms with Crippen molar-refractivity contribution in [3.63, 3.8) is 0 Å². The first kappa shape index (κ1) is 17.1. The van der Waals surface area contributed by atoms with Crippen LogP contribution in [0.5, 0.6) is 0 Å². The number of aryl methyl sites for hydroxylation is 1. The lowest BCUT2D eigenvalue weighted by atomic mass is 9.92. The Hall–Kier alpha value is -2.32. The summed E-state index contributed by atoms with van der Waals surface area (Å²) in [5.41, 5.74) is 1.38. The van der Waals surface area contributed by atoms with Crippen molar-refractivity contribution in [2.75, 3.05) is 25.0 Å². The van der Waals surface area contributed by atoms with E-state index >= 15 is 0 Å². The van der Waals surface area contributed by atoms with Gasteiger partial charge in [0.1, 0.15) is 0 Å². The van der Waals surface area contributed by atoms with Crippen molar-refractivity contribution in [1.82, 2.24) is 15.5 Å². The number of anilines is 1. The maximum atomic E-state index is 14.2. The molecule has 1 aromatic carbocycles. The van der Waals surface area contributed by atoms with Crippen molar-refractivity contribution < 1.29 is 18.3 Å². The van der Waals surface area contributed by atoms with Gasteiger partial charge in [0.25, 0.3) is 11.8 Å². The normalized spacial score (nSPS) is 21.8. The van der Waals surface area contributed by atoms with Crippen LogP contribution in [0, 0.1) is 0 Å². The highest BCUT2D eigenvalue weighted by atomic mass is 19.3. The van der Waals surface area contributed by atoms with Crippen molar-refractivity contribution >= 4 is 11.6 Å². The number of hydrogen-bond acceptors (Lipinski definition) is 4. The molecule has 3 N–H and O–H groups in total. The summed E-state index contributed by atoms with van der Waals surface area (Å²) in [6, 6.07) is 7.20. The number of carbonyl (C=O) groups is 1. The van der Waals surface area contributed by atoms with Gasteiger partial charge in [0.2, 0.25) is 0 Å². The molecule has 0 radical (unpaired) electrons. The predicted octanol–water partition coefficient (Wildman–Crippen LogP) is 2.75. The van der Waals surface area contributed by atoms with Gasteiger partial charge in [-0.05, 0) is 30.5 Å². The molecular weight excluding hydrogens is 342 g/mol. The van der Waals surface area contributed by atoms with Crippen LogP contribution < -0.4 is 10.6 Å². The molecule has 138 valence electrons. The van der Waals surface area contributed by atoms with Gasteiger partial charge < -0.3 is 15.4 Å². The summed E-state index contributed by atoms with van der Waals surface area (Å²) in [7, 11) is 0. The van der Waals surface area contributed by atoms with Crippen molar-refractivity contribution in [3.05, 3.63) is 46.8 Å². The number of carbonyl (C=O) groups excluding carboxylic acids is 1. The molecule has 1 atom stereocenters. The lowest BCUT2D eigenvalue weighted by Gasteiger charge is -2.24. The number of fused-ring (bicyclic) bond motifs is 1. The fourth-order valence-electron chi connectivity index (χ4n) is 3.48. The number of aromatic amines is 1. The average Bonchev–Trinajstić information content (AvgIpc) is 3.09. The number of benzene rings is 1. The summed E-state index contributed by atoms with van der Waals surface area (Å²) in [6.07, 6.45) is 0.577. The van der Waals surface area contributed by atoms with E-state index in [4.69, 9.17) is 4.74 Å². The minimum Gasteiger partial charge on any atom is -0.371 e. The number of ether oxygens (including phenoxy) is 1. The second-order valence-electron chi connectivity index (χ2n) is 6.62. The van der Waals surface area contributed by atoms with Crippen LogP contribution in [-0.4, -0.2) is 35.8 Å². The molecule has 1 aromatic heterocycles. The summed E-state index contributed by atoms with van der Waals surface area (Å²) in [5.74, 6) is -3.66. The molecule has 4 rings (SSSR count). The van der Waals surface area contributed by atoms with E-state index in [1.807, 2.05) is 12.1 Å². The molecular formula is C18H20F2N4O2. The van der Waals surface area contributed by atoms with Gasteiger partial charge in [0.15, 0.2) is 5.69 Å². The number of H-pyrrole nitrogens is 1. The third-order valence-corrected chi connectivity index (χ3v) is 4.81. The van der Waals surface area contributed by atoms with E-state index in [1.165, 1.54) is 0 Å². The van der Waals surface area contributed by atoms with Gasteiger partial charge in [-0.3, -0.25) is 9.89 Å². The van der Waals surface area contributed by atoms with E-state index < -0.39 is 11.8 Å². The fraction of sp³-hybridized carbons (Fsp3) is 0.444. The van der Waals surface area contributed by atoms with E-state index in [0.29, 0.717) is 30.8 Å². The zero-order valence-corrected chi connectivity index (χ0v) is 14.1. The first-order valence-corrected chi connectivity index (χ1v) is 8.74. The number of rotatable bonds is 3. The molecule has 2 heterocycles. The van der Waals surface area contributed by atoms with Crippen LogP contribution in [0.25, 0.3) is 0 Å². The largest absolute Gasteiger partial charge is 0.371 e. The van der Waals surface area contributed by atoms with Gasteiger partial charge >= 0.3 is 0 Å². The second-order valence-corrected chi connectivity index (χ2v) is 6.62. The van der Waals surface area contributed by atoms with E-state index in [-0.39, 0.29) is 23.8 Å². The first-order chi connectivity index (χ1) is 12.5. The van der Waals surface area contributed by atoms with Crippen LogP contribution in [0.1, 0.15) is 46.3 Å². The third kappa shape index (κ3) is 3.22. The summed E-state index contributed by atoms with van der Waals surface area (Å²) < 4.78 is 34.1. The molecule has 8 heteroatoms. The zero-order valence-electron chi connectivity index (χ0n) is 14.1. The van der Waals surface area contributed by atoms with E-state index in [1.54, 1.807) is 12.1 Å². The van der Waals surface area contributed by atoms with Crippen molar-refractivity contribution in [2.24, 2.45) is 0 Å². The van der Waals surface area contributed by atoms with Crippen LogP contribution in [0.3, 0.4) is 0 Å². The maximum absolute atomic E-state index is 14.2. The van der Waals surface area contributed by atoms with Gasteiger partial charge in [-0.25, -0.2) is 8.78 Å². The van der Waals surface area contributed by atoms with Gasteiger partial charge in [-0.1, -0.05) is 12.1 Å². The lowest BCUT2D eigenvalue weighted by molar-refractivity contribution is -0.0223. The summed E-state index contributed by atoms with van der Waals surface area (Å²) >= 11 is 0. The number of alkyl halides is 2. The maximum Gasteiger partial charge on any atom is 0.277 e.